The van der Waals surface area contributed by atoms with E-state index in [1.165, 1.54) is 6.20 Å². The van der Waals surface area contributed by atoms with E-state index in [1.54, 1.807) is 18.5 Å². The number of anilines is 1. The number of piperidine rings is 1. The Hall–Kier alpha value is -2.76. The Morgan fingerprint density at radius 3 is 2.88 bits per heavy atom. The van der Waals surface area contributed by atoms with E-state index in [0.29, 0.717) is 5.69 Å². The first kappa shape index (κ1) is 15.7. The monoisotopic (exact) mass is 337 g/mol. The van der Waals surface area contributed by atoms with Crippen LogP contribution in [0.15, 0.2) is 55.4 Å². The number of hydrogen-bond acceptors (Lipinski definition) is 4. The molecule has 4 rings (SSSR count). The van der Waals surface area contributed by atoms with Gasteiger partial charge in [-0.15, -0.1) is 0 Å². The predicted molar refractivity (Wildman–Crippen MR) is 93.9 cm³/mol. The third kappa shape index (κ3) is 3.38. The summed E-state index contributed by atoms with van der Waals surface area (Å²) in [6.45, 7) is 2.38. The first-order valence-electron chi connectivity index (χ1n) is 8.55. The summed E-state index contributed by atoms with van der Waals surface area (Å²) in [4.78, 5) is 14.7. The van der Waals surface area contributed by atoms with Gasteiger partial charge in [-0.3, -0.25) is 9.97 Å². The number of rotatable bonds is 4. The number of nitrogens with zero attached hydrogens (tertiary/aromatic N) is 5. The lowest BCUT2D eigenvalue weighted by molar-refractivity contribution is 0.470. The van der Waals surface area contributed by atoms with E-state index < -0.39 is 0 Å². The maximum Gasteiger partial charge on any atom is 0.164 e. The Kier molecular flexibility index (Phi) is 4.41. The van der Waals surface area contributed by atoms with Gasteiger partial charge in [-0.25, -0.2) is 9.37 Å². The van der Waals surface area contributed by atoms with Crippen molar-refractivity contribution in [1.29, 1.82) is 0 Å². The van der Waals surface area contributed by atoms with E-state index >= 15 is 0 Å². The van der Waals surface area contributed by atoms with Gasteiger partial charge in [0.15, 0.2) is 5.82 Å². The van der Waals surface area contributed by atoms with Crippen LogP contribution in [-0.4, -0.2) is 32.6 Å². The average molecular weight is 337 g/mol. The van der Waals surface area contributed by atoms with Crippen LogP contribution >= 0.6 is 0 Å². The lowest BCUT2D eigenvalue weighted by Gasteiger charge is -2.34. The molecule has 0 amide bonds. The van der Waals surface area contributed by atoms with Gasteiger partial charge in [0.2, 0.25) is 0 Å². The van der Waals surface area contributed by atoms with Crippen LogP contribution in [0.1, 0.15) is 30.1 Å². The van der Waals surface area contributed by atoms with Gasteiger partial charge in [-0.1, -0.05) is 6.07 Å². The number of aromatic nitrogens is 4. The van der Waals surface area contributed by atoms with Crippen molar-refractivity contribution in [3.63, 3.8) is 0 Å². The molecule has 0 aliphatic carbocycles. The van der Waals surface area contributed by atoms with Gasteiger partial charge in [0, 0.05) is 50.0 Å². The molecule has 1 saturated heterocycles. The first-order valence-corrected chi connectivity index (χ1v) is 8.55. The number of hydrogen-bond donors (Lipinski definition) is 0. The van der Waals surface area contributed by atoms with Gasteiger partial charge in [-0.05, 0) is 30.5 Å². The summed E-state index contributed by atoms with van der Waals surface area (Å²) in [6.07, 6.45) is 12.5. The molecule has 0 saturated carbocycles. The molecular formula is C19H20FN5. The number of pyridine rings is 2. The summed E-state index contributed by atoms with van der Waals surface area (Å²) >= 11 is 0. The maximum atomic E-state index is 14.1. The fourth-order valence-corrected chi connectivity index (χ4v) is 3.53. The zero-order chi connectivity index (χ0) is 17.1. The molecule has 3 aromatic heterocycles. The van der Waals surface area contributed by atoms with Crippen LogP contribution in [0.2, 0.25) is 0 Å². The van der Waals surface area contributed by atoms with E-state index in [-0.39, 0.29) is 11.7 Å². The van der Waals surface area contributed by atoms with E-state index in [4.69, 9.17) is 0 Å². The van der Waals surface area contributed by atoms with E-state index in [1.807, 2.05) is 24.7 Å². The van der Waals surface area contributed by atoms with Gasteiger partial charge in [-0.2, -0.15) is 0 Å². The van der Waals surface area contributed by atoms with Gasteiger partial charge >= 0.3 is 0 Å². The molecule has 0 radical (unpaired) electrons. The van der Waals surface area contributed by atoms with Crippen molar-refractivity contribution in [3.05, 3.63) is 72.6 Å². The molecule has 25 heavy (non-hydrogen) atoms. The van der Waals surface area contributed by atoms with Crippen molar-refractivity contribution in [2.45, 2.75) is 25.3 Å². The van der Waals surface area contributed by atoms with Crippen LogP contribution in [0.3, 0.4) is 0 Å². The maximum absolute atomic E-state index is 14.1. The Labute approximate surface area is 146 Å². The molecular weight excluding hydrogens is 317 g/mol. The molecule has 1 unspecified atom stereocenters. The molecule has 1 aliphatic rings. The molecule has 1 aliphatic heterocycles. The summed E-state index contributed by atoms with van der Waals surface area (Å²) in [7, 11) is 0. The number of imidazole rings is 1. The second-order valence-corrected chi connectivity index (χ2v) is 6.39. The van der Waals surface area contributed by atoms with Crippen LogP contribution in [0.5, 0.6) is 0 Å². The van der Waals surface area contributed by atoms with Crippen molar-refractivity contribution in [1.82, 2.24) is 19.5 Å². The van der Waals surface area contributed by atoms with Crippen LogP contribution in [-0.2, 0) is 6.54 Å². The lowest BCUT2D eigenvalue weighted by atomic mass is 9.96. The molecule has 6 heteroatoms. The largest absolute Gasteiger partial charge is 0.368 e. The van der Waals surface area contributed by atoms with Crippen LogP contribution in [0.25, 0.3) is 0 Å². The molecule has 1 fully saturated rings. The highest BCUT2D eigenvalue weighted by atomic mass is 19.1. The van der Waals surface area contributed by atoms with Gasteiger partial charge < -0.3 is 9.47 Å². The fourth-order valence-electron chi connectivity index (χ4n) is 3.53. The van der Waals surface area contributed by atoms with E-state index in [9.17, 15) is 4.39 Å². The second-order valence-electron chi connectivity index (χ2n) is 6.39. The van der Waals surface area contributed by atoms with E-state index in [0.717, 1.165) is 43.9 Å². The third-order valence-corrected chi connectivity index (χ3v) is 4.70. The molecule has 0 N–H and O–H groups in total. The van der Waals surface area contributed by atoms with Crippen molar-refractivity contribution in [2.75, 3.05) is 18.0 Å². The van der Waals surface area contributed by atoms with E-state index in [2.05, 4.69) is 30.5 Å². The smallest absolute Gasteiger partial charge is 0.164 e. The molecule has 0 bridgehead atoms. The van der Waals surface area contributed by atoms with Crippen LogP contribution in [0, 0.1) is 5.82 Å². The molecule has 0 aromatic carbocycles. The van der Waals surface area contributed by atoms with Gasteiger partial charge in [0.1, 0.15) is 5.82 Å². The van der Waals surface area contributed by atoms with Crippen molar-refractivity contribution in [3.8, 4) is 0 Å². The molecule has 4 heterocycles. The summed E-state index contributed by atoms with van der Waals surface area (Å²) < 4.78 is 16.3. The zero-order valence-electron chi connectivity index (χ0n) is 13.9. The SMILES string of the molecule is Fc1cnccc1N1CCCC(c2nccn2Cc2cccnc2)C1. The molecule has 128 valence electrons. The molecule has 0 spiro atoms. The second kappa shape index (κ2) is 7.01. The van der Waals surface area contributed by atoms with Gasteiger partial charge in [0.05, 0.1) is 18.4 Å². The molecule has 1 atom stereocenters. The molecule has 3 aromatic rings. The quantitative estimate of drug-likeness (QED) is 0.733. The lowest BCUT2D eigenvalue weighted by Crippen LogP contribution is -2.36. The predicted octanol–water partition coefficient (Wildman–Crippen LogP) is 3.24. The minimum atomic E-state index is -0.262. The summed E-state index contributed by atoms with van der Waals surface area (Å²) in [6, 6.07) is 5.76. The minimum Gasteiger partial charge on any atom is -0.368 e. The Morgan fingerprint density at radius 2 is 2.04 bits per heavy atom. The highest BCUT2D eigenvalue weighted by Gasteiger charge is 2.26. The summed E-state index contributed by atoms with van der Waals surface area (Å²) in [5.74, 6) is 1.08. The Balaban J connectivity index is 1.54. The molecule has 5 nitrogen and oxygen atoms in total. The standard InChI is InChI=1S/C19H20FN5/c20-17-12-22-7-5-18(17)24-9-2-4-16(14-24)19-23-8-10-25(19)13-15-3-1-6-21-11-15/h1,3,5-8,10-12,16H,2,4,9,13-14H2. The first-order chi connectivity index (χ1) is 12.3. The van der Waals surface area contributed by atoms with Crippen molar-refractivity contribution < 1.29 is 4.39 Å². The van der Waals surface area contributed by atoms with Crippen LogP contribution < -0.4 is 4.90 Å². The normalized spacial score (nSPS) is 17.6. The average Bonchev–Trinajstić information content (AvgIpc) is 3.11. The highest BCUT2D eigenvalue weighted by Crippen LogP contribution is 2.30. The Morgan fingerprint density at radius 1 is 1.12 bits per heavy atom. The highest BCUT2D eigenvalue weighted by molar-refractivity contribution is 5.47. The topological polar surface area (TPSA) is 46.8 Å². The van der Waals surface area contributed by atoms with Crippen LogP contribution in [0.4, 0.5) is 10.1 Å². The minimum absolute atomic E-state index is 0.262. The zero-order valence-corrected chi connectivity index (χ0v) is 13.9. The van der Waals surface area contributed by atoms with Crippen molar-refractivity contribution >= 4 is 5.69 Å². The third-order valence-electron chi connectivity index (χ3n) is 4.70. The fraction of sp³-hybridized carbons (Fsp3) is 0.316. The summed E-state index contributed by atoms with van der Waals surface area (Å²) in [5.41, 5.74) is 1.78. The van der Waals surface area contributed by atoms with Crippen molar-refractivity contribution in [2.24, 2.45) is 0 Å². The van der Waals surface area contributed by atoms with Gasteiger partial charge in [0.25, 0.3) is 0 Å². The Bertz CT molecular complexity index is 833. The number of halogens is 1. The summed E-state index contributed by atoms with van der Waals surface area (Å²) in [5, 5.41) is 0.